The predicted octanol–water partition coefficient (Wildman–Crippen LogP) is 3.02. The van der Waals surface area contributed by atoms with Gasteiger partial charge in [-0.3, -0.25) is 69.0 Å². The summed E-state index contributed by atoms with van der Waals surface area (Å²) in [7, 11) is 0. The zero-order valence-electron chi connectivity index (χ0n) is 77.5. The number of fused-ring (bicyclic) bond motifs is 5. The molecule has 11 amide bonds. The monoisotopic (exact) mass is 1870 g/mol. The third-order valence-electron chi connectivity index (χ3n) is 24.6. The van der Waals surface area contributed by atoms with Gasteiger partial charge >= 0.3 is 5.97 Å². The number of nitrogens with one attached hydrogen (secondary N) is 22. The van der Waals surface area contributed by atoms with Gasteiger partial charge in [0, 0.05) is 137 Å². The zero-order valence-corrected chi connectivity index (χ0v) is 77.5. The molecule has 33 N–H and O–H groups in total. The molecule has 728 valence electrons. The van der Waals surface area contributed by atoms with Crippen molar-refractivity contribution in [2.24, 2.45) is 46.4 Å². The molecule has 0 aliphatic carbocycles. The second kappa shape index (κ2) is 50.3. The topological polar surface area (TPSA) is 674 Å². The predicted molar refractivity (Wildman–Crippen MR) is 521 cm³/mol. The van der Waals surface area contributed by atoms with Crippen molar-refractivity contribution < 1.29 is 62.6 Å². The average Bonchev–Trinajstić information content (AvgIpc) is 1.54. The Labute approximate surface area is 787 Å². The number of hydrogen-bond donors (Lipinski definition) is 28. The molecule has 10 rings (SSSR count). The molecule has 40 heteroatoms. The number of unbranched alkanes of at least 4 members (excludes halogenated alkanes) is 1. The van der Waals surface area contributed by atoms with Crippen LogP contribution in [-0.4, -0.2) is 218 Å². The van der Waals surface area contributed by atoms with E-state index >= 15 is 43.2 Å². The van der Waals surface area contributed by atoms with Crippen LogP contribution in [0.4, 0.5) is 0 Å². The van der Waals surface area contributed by atoms with Crippen LogP contribution < -0.4 is 103 Å². The minimum atomic E-state index is -1.50. The van der Waals surface area contributed by atoms with E-state index in [1.165, 1.54) is 0 Å². The maximum absolute atomic E-state index is 15.6. The SMILES string of the molecule is CC[C@H](C)[C@H](NC(=O)[C@H](Cc1c[nH]c2ccccc12)NC(=O)[C@@H](NC(=O)[C@@H](NC(=O)[C@H](CCCNC(=N)N)NC(=O)[C@H](Cc1c[nH]c2ccccc12)NC(=O)[C@H](Cc1c[nH]c2ccccc12)NC(=O)[C@@H](N)CCCNC(=N)N)[C@@H](C)CC)C(C)C)C(=O)N[C@@H](CCCCN)C(=O)N[C@@H](Cc1c[nH]c2ccccc12)C(=O)N[C@@H](Cc1c[nH]c2ccccc12)C(=O)N[C@@H](CCCNC(=N)N)C(=O)O. The summed E-state index contributed by atoms with van der Waals surface area (Å²) < 4.78 is 0. The van der Waals surface area contributed by atoms with Crippen LogP contribution in [-0.2, 0) is 89.6 Å². The van der Waals surface area contributed by atoms with Crippen LogP contribution in [0.3, 0.4) is 0 Å². The summed E-state index contributed by atoms with van der Waals surface area (Å²) in [6.07, 6.45) is 9.52. The largest absolute Gasteiger partial charge is 0.480 e. The molecule has 136 heavy (non-hydrogen) atoms. The Morgan fingerprint density at radius 2 is 0.559 bits per heavy atom. The number of aliphatic carboxylic acids is 1. The molecule has 14 atom stereocenters. The van der Waals surface area contributed by atoms with Gasteiger partial charge in [0.05, 0.1) is 6.04 Å². The number of hydrogen-bond acceptors (Lipinski definition) is 17. The molecule has 5 heterocycles. The van der Waals surface area contributed by atoms with Crippen LogP contribution >= 0.6 is 0 Å². The number of benzene rings is 5. The molecule has 0 bridgehead atoms. The van der Waals surface area contributed by atoms with Crippen molar-refractivity contribution in [1.82, 2.24) is 99.4 Å². The highest BCUT2D eigenvalue weighted by molar-refractivity contribution is 6.02. The average molecular weight is 1870 g/mol. The van der Waals surface area contributed by atoms with Gasteiger partial charge in [-0.15, -0.1) is 0 Å². The Kier molecular flexibility index (Phi) is 38.2. The van der Waals surface area contributed by atoms with Gasteiger partial charge in [0.25, 0.3) is 0 Å². The highest BCUT2D eigenvalue weighted by atomic mass is 16.4. The number of H-pyrrole nitrogens is 5. The maximum atomic E-state index is 15.6. The first-order valence-corrected chi connectivity index (χ1v) is 46.2. The van der Waals surface area contributed by atoms with E-state index in [2.05, 4.69) is 99.4 Å². The molecule has 0 saturated carbocycles. The van der Waals surface area contributed by atoms with E-state index in [0.717, 1.165) is 32.7 Å². The second-order valence-electron chi connectivity index (χ2n) is 35.0. The summed E-state index contributed by atoms with van der Waals surface area (Å²) in [4.78, 5) is 196. The summed E-state index contributed by atoms with van der Waals surface area (Å²) >= 11 is 0. The van der Waals surface area contributed by atoms with Crippen LogP contribution in [0, 0.1) is 34.0 Å². The smallest absolute Gasteiger partial charge is 0.326 e. The lowest BCUT2D eigenvalue weighted by molar-refractivity contribution is -0.142. The van der Waals surface area contributed by atoms with Crippen LogP contribution in [0.25, 0.3) is 54.5 Å². The molecule has 5 aromatic heterocycles. The molecule has 0 fully saturated rings. The lowest BCUT2D eigenvalue weighted by Gasteiger charge is -2.31. The molecular formula is C96H131N27O13. The Morgan fingerprint density at radius 1 is 0.316 bits per heavy atom. The van der Waals surface area contributed by atoms with Crippen LogP contribution in [0.1, 0.15) is 140 Å². The fourth-order valence-electron chi connectivity index (χ4n) is 16.5. The van der Waals surface area contributed by atoms with E-state index in [1.807, 2.05) is 103 Å². The number of rotatable bonds is 54. The Hall–Kier alpha value is -14.8. The molecule has 0 aliphatic heterocycles. The van der Waals surface area contributed by atoms with Gasteiger partial charge in [-0.1, -0.05) is 145 Å². The number of carbonyl (C=O) groups excluding carboxylic acids is 11. The third kappa shape index (κ3) is 29.1. The number of carboxylic acid groups (broad SMARTS) is 1. The van der Waals surface area contributed by atoms with E-state index in [1.54, 1.807) is 90.7 Å². The number of carboxylic acids is 1. The summed E-state index contributed by atoms with van der Waals surface area (Å²) in [6, 6.07) is 19.5. The fraction of sp³-hybridized carbons (Fsp3) is 0.427. The van der Waals surface area contributed by atoms with Crippen molar-refractivity contribution in [1.29, 1.82) is 16.2 Å². The van der Waals surface area contributed by atoms with E-state index in [9.17, 15) is 19.5 Å². The van der Waals surface area contributed by atoms with Gasteiger partial charge in [-0.2, -0.15) is 0 Å². The quantitative estimate of drug-likeness (QED) is 0.0148. The van der Waals surface area contributed by atoms with E-state index < -0.39 is 161 Å². The third-order valence-corrected chi connectivity index (χ3v) is 24.6. The number of carbonyl (C=O) groups is 12. The molecule has 0 aliphatic rings. The van der Waals surface area contributed by atoms with Crippen molar-refractivity contribution in [2.75, 3.05) is 26.2 Å². The van der Waals surface area contributed by atoms with E-state index in [-0.39, 0.29) is 134 Å². The first-order chi connectivity index (χ1) is 65.2. The number of aromatic amines is 5. The molecule has 40 nitrogen and oxygen atoms in total. The van der Waals surface area contributed by atoms with Gasteiger partial charge in [0.2, 0.25) is 65.0 Å². The molecule has 0 spiro atoms. The Morgan fingerprint density at radius 3 is 0.875 bits per heavy atom. The minimum Gasteiger partial charge on any atom is -0.480 e. The van der Waals surface area contributed by atoms with Crippen LogP contribution in [0.2, 0.25) is 0 Å². The summed E-state index contributed by atoms with van der Waals surface area (Å²) in [6.45, 7) is 11.0. The van der Waals surface area contributed by atoms with Crippen molar-refractivity contribution >= 4 is 143 Å². The van der Waals surface area contributed by atoms with Gasteiger partial charge < -0.3 is 133 Å². The van der Waals surface area contributed by atoms with Gasteiger partial charge in [0.1, 0.15) is 66.5 Å². The fourth-order valence-corrected chi connectivity index (χ4v) is 16.5. The van der Waals surface area contributed by atoms with Gasteiger partial charge in [0.15, 0.2) is 17.9 Å². The van der Waals surface area contributed by atoms with E-state index in [0.29, 0.717) is 62.5 Å². The number of aromatic nitrogens is 5. The van der Waals surface area contributed by atoms with Gasteiger partial charge in [-0.25, -0.2) is 4.79 Å². The second-order valence-corrected chi connectivity index (χ2v) is 35.0. The molecule has 5 aromatic carbocycles. The minimum absolute atomic E-state index is 0.0294. The lowest BCUT2D eigenvalue weighted by atomic mass is 9.95. The number of nitrogens with two attached hydrogens (primary N) is 5. The van der Waals surface area contributed by atoms with Crippen LogP contribution in [0.5, 0.6) is 0 Å². The van der Waals surface area contributed by atoms with Crippen molar-refractivity contribution in [3.8, 4) is 0 Å². The molecule has 10 aromatic rings. The first-order valence-electron chi connectivity index (χ1n) is 46.2. The van der Waals surface area contributed by atoms with Crippen LogP contribution in [0.15, 0.2) is 152 Å². The number of guanidine groups is 3. The first kappa shape index (κ1) is 103. The molecular weight excluding hydrogens is 1740 g/mol. The lowest BCUT2D eigenvalue weighted by Crippen LogP contribution is -2.63. The standard InChI is InChI=1S/C96H131N27O13/c1-7-53(5)80(91(133)114-71(35-19-20-38-97)83(125)117-77(45-58-50-111-69-33-17-12-27-63(58)69)88(130)119-76(44-57-49-110-68-32-16-11-26-62(57)68)86(128)115-73(93(135)136)37-23-41-107-96(103)104)123-89(131)78(46-59-51-112-70-34-18-13-28-64(59)70)120-90(132)79(52(3)4)121-92(134)81(54(6)8-2)122-84(126)72(36-22-40-106-95(101)102)113-85(127)75(43-56-48-109-67-31-15-10-25-61(56)67)118-87(129)74(42-55-47-108-66-30-14-9-24-60(55)66)116-82(124)65(98)29-21-39-105-94(99)100/h9-18,24-28,30-34,47-54,65,71-81,108-112H,7-8,19-23,29,35-46,97-98H2,1-6H3,(H,113,127)(H,114,133)(H,115,128)(H,116,124)(H,117,125)(H,118,129)(H,119,130)(H,120,132)(H,121,134)(H,122,126)(H,123,131)(H,135,136)(H4,99,100,105)(H4,101,102,106)(H4,103,104,107)/t53-,54-,65-,71-,72-,73-,74-,75-,76-,77-,78-,79-,80-,81-/m0/s1. The summed E-state index contributed by atoms with van der Waals surface area (Å²) in [5.74, 6) is -13.4. The van der Waals surface area contributed by atoms with Gasteiger partial charge in [-0.05, 0) is 140 Å². The Balaban J connectivity index is 0.897. The summed E-state index contributed by atoms with van der Waals surface area (Å²) in [5, 5.41) is 76.3. The van der Waals surface area contributed by atoms with Crippen molar-refractivity contribution in [2.45, 2.75) is 217 Å². The maximum Gasteiger partial charge on any atom is 0.326 e. The highest BCUT2D eigenvalue weighted by Gasteiger charge is 2.41. The molecule has 0 radical (unpaired) electrons. The Bertz CT molecular complexity index is 5840. The zero-order chi connectivity index (χ0) is 98.2. The highest BCUT2D eigenvalue weighted by Crippen LogP contribution is 2.27. The van der Waals surface area contributed by atoms with Crippen molar-refractivity contribution in [3.05, 3.63) is 180 Å². The normalized spacial score (nSPS) is 14.5. The summed E-state index contributed by atoms with van der Waals surface area (Å²) in [5.41, 5.74) is 35.7. The number of para-hydroxylation sites is 5. The van der Waals surface area contributed by atoms with E-state index in [4.69, 9.17) is 44.9 Å². The number of amides is 11. The van der Waals surface area contributed by atoms with Crippen molar-refractivity contribution in [3.63, 3.8) is 0 Å². The molecule has 0 unspecified atom stereocenters. The molecule has 0 saturated heterocycles.